The highest BCUT2D eigenvalue weighted by Crippen LogP contribution is 2.23. The van der Waals surface area contributed by atoms with Crippen molar-refractivity contribution in [1.29, 1.82) is 0 Å². The van der Waals surface area contributed by atoms with E-state index in [1.165, 1.54) is 22.3 Å². The van der Waals surface area contributed by atoms with Gasteiger partial charge in [0, 0.05) is 5.38 Å². The molecule has 18 heavy (non-hydrogen) atoms. The highest BCUT2D eigenvalue weighted by Gasteiger charge is 2.15. The van der Waals surface area contributed by atoms with Crippen molar-refractivity contribution in [2.24, 2.45) is 5.84 Å². The van der Waals surface area contributed by atoms with Crippen molar-refractivity contribution in [3.05, 3.63) is 51.0 Å². The summed E-state index contributed by atoms with van der Waals surface area (Å²) in [5, 5.41) is 2.05. The van der Waals surface area contributed by atoms with E-state index in [2.05, 4.69) is 43.3 Å². The van der Waals surface area contributed by atoms with Crippen LogP contribution in [0.25, 0.3) is 0 Å². The Kier molecular flexibility index (Phi) is 4.11. The third-order valence-electron chi connectivity index (χ3n) is 3.26. The van der Waals surface area contributed by atoms with Crippen molar-refractivity contribution in [2.45, 2.75) is 33.2 Å². The highest BCUT2D eigenvalue weighted by molar-refractivity contribution is 7.07. The first kappa shape index (κ1) is 13.2. The lowest BCUT2D eigenvalue weighted by molar-refractivity contribution is 0.539. The number of rotatable bonds is 4. The second-order valence-corrected chi connectivity index (χ2v) is 5.43. The van der Waals surface area contributed by atoms with Crippen LogP contribution in [-0.2, 0) is 6.42 Å². The molecule has 0 fully saturated rings. The van der Waals surface area contributed by atoms with Gasteiger partial charge >= 0.3 is 0 Å². The minimum Gasteiger partial charge on any atom is -0.271 e. The van der Waals surface area contributed by atoms with Crippen molar-refractivity contribution < 1.29 is 0 Å². The quantitative estimate of drug-likeness (QED) is 0.657. The smallest absolute Gasteiger partial charge is 0.0795 e. The Morgan fingerprint density at radius 1 is 1.28 bits per heavy atom. The molecule has 1 atom stereocenters. The Labute approximate surface area is 112 Å². The lowest BCUT2D eigenvalue weighted by Gasteiger charge is -2.17. The second kappa shape index (κ2) is 5.61. The Balaban J connectivity index is 2.28. The van der Waals surface area contributed by atoms with E-state index in [4.69, 9.17) is 5.84 Å². The fourth-order valence-electron chi connectivity index (χ4n) is 2.38. The van der Waals surface area contributed by atoms with Crippen LogP contribution in [0.5, 0.6) is 0 Å². The van der Waals surface area contributed by atoms with Gasteiger partial charge in [-0.25, -0.2) is 4.98 Å². The van der Waals surface area contributed by atoms with Gasteiger partial charge in [-0.1, -0.05) is 17.7 Å². The minimum absolute atomic E-state index is 0.0800. The van der Waals surface area contributed by atoms with Gasteiger partial charge in [0.05, 0.1) is 17.2 Å². The van der Waals surface area contributed by atoms with Crippen molar-refractivity contribution in [1.82, 2.24) is 10.4 Å². The van der Waals surface area contributed by atoms with Crippen LogP contribution in [-0.4, -0.2) is 4.98 Å². The van der Waals surface area contributed by atoms with Gasteiger partial charge < -0.3 is 0 Å². The predicted molar refractivity (Wildman–Crippen MR) is 76.5 cm³/mol. The lowest BCUT2D eigenvalue weighted by atomic mass is 9.94. The van der Waals surface area contributed by atoms with Crippen LogP contribution in [0.15, 0.2) is 23.0 Å². The van der Waals surface area contributed by atoms with Gasteiger partial charge in [0.15, 0.2) is 0 Å². The van der Waals surface area contributed by atoms with Crippen LogP contribution < -0.4 is 11.3 Å². The Bertz CT molecular complexity index is 497. The number of thiazole rings is 1. The summed E-state index contributed by atoms with van der Waals surface area (Å²) in [7, 11) is 0. The first-order chi connectivity index (χ1) is 8.61. The second-order valence-electron chi connectivity index (χ2n) is 4.71. The molecule has 0 spiro atoms. The average Bonchev–Trinajstić information content (AvgIpc) is 2.81. The van der Waals surface area contributed by atoms with Gasteiger partial charge in [-0.05, 0) is 43.9 Å². The highest BCUT2D eigenvalue weighted by atomic mass is 32.1. The van der Waals surface area contributed by atoms with Crippen LogP contribution in [0, 0.1) is 20.8 Å². The minimum atomic E-state index is 0.0800. The molecule has 2 aromatic rings. The zero-order valence-corrected chi connectivity index (χ0v) is 11.8. The third-order valence-corrected chi connectivity index (χ3v) is 3.86. The van der Waals surface area contributed by atoms with E-state index in [1.807, 2.05) is 10.9 Å². The molecule has 0 bridgehead atoms. The number of nitrogens with two attached hydrogens (primary N) is 1. The first-order valence-electron chi connectivity index (χ1n) is 6.02. The normalized spacial score (nSPS) is 12.7. The molecule has 96 valence electrons. The molecule has 1 heterocycles. The summed E-state index contributed by atoms with van der Waals surface area (Å²) >= 11 is 1.60. The van der Waals surface area contributed by atoms with Crippen LogP contribution in [0.3, 0.4) is 0 Å². The molecule has 1 unspecified atom stereocenters. The van der Waals surface area contributed by atoms with Gasteiger partial charge in [-0.15, -0.1) is 11.3 Å². The molecule has 0 aliphatic heterocycles. The van der Waals surface area contributed by atoms with Gasteiger partial charge in [0.2, 0.25) is 0 Å². The van der Waals surface area contributed by atoms with E-state index in [-0.39, 0.29) is 6.04 Å². The first-order valence-corrected chi connectivity index (χ1v) is 6.97. The monoisotopic (exact) mass is 261 g/mol. The summed E-state index contributed by atoms with van der Waals surface area (Å²) in [6.07, 6.45) is 0.873. The number of nitrogens with zero attached hydrogens (tertiary/aromatic N) is 1. The van der Waals surface area contributed by atoms with Gasteiger partial charge in [0.1, 0.15) is 0 Å². The fraction of sp³-hybridized carbons (Fsp3) is 0.357. The molecular formula is C14H19N3S. The predicted octanol–water partition coefficient (Wildman–Crippen LogP) is 2.82. The topological polar surface area (TPSA) is 50.9 Å². The maximum absolute atomic E-state index is 5.66. The van der Waals surface area contributed by atoms with E-state index >= 15 is 0 Å². The molecule has 0 saturated carbocycles. The Morgan fingerprint density at radius 3 is 2.44 bits per heavy atom. The van der Waals surface area contributed by atoms with E-state index in [1.54, 1.807) is 11.3 Å². The molecule has 0 saturated heterocycles. The molecule has 0 aliphatic carbocycles. The van der Waals surface area contributed by atoms with Crippen molar-refractivity contribution >= 4 is 11.3 Å². The molecule has 1 aromatic heterocycles. The average molecular weight is 261 g/mol. The van der Waals surface area contributed by atoms with E-state index < -0.39 is 0 Å². The van der Waals surface area contributed by atoms with Crippen LogP contribution in [0.1, 0.15) is 34.0 Å². The standard InChI is InChI=1S/C14H19N3S/c1-9-4-10(2)12(11(3)5-9)6-13(17-15)14-7-18-8-16-14/h4-5,7-8,13,17H,6,15H2,1-3H3. The van der Waals surface area contributed by atoms with Crippen molar-refractivity contribution in [2.75, 3.05) is 0 Å². The molecule has 0 radical (unpaired) electrons. The maximum Gasteiger partial charge on any atom is 0.0795 e. The van der Waals surface area contributed by atoms with Gasteiger partial charge in [-0.2, -0.15) is 0 Å². The molecule has 2 rings (SSSR count). The van der Waals surface area contributed by atoms with Crippen molar-refractivity contribution in [3.8, 4) is 0 Å². The molecule has 0 amide bonds. The van der Waals surface area contributed by atoms with Crippen molar-refractivity contribution in [3.63, 3.8) is 0 Å². The molecule has 1 aromatic carbocycles. The number of aryl methyl sites for hydroxylation is 3. The summed E-state index contributed by atoms with van der Waals surface area (Å²) in [6, 6.07) is 4.52. The molecule has 0 aliphatic rings. The maximum atomic E-state index is 5.66. The number of hydrogen-bond acceptors (Lipinski definition) is 4. The molecule has 3 nitrogen and oxygen atoms in total. The van der Waals surface area contributed by atoms with Crippen LogP contribution in [0.2, 0.25) is 0 Å². The molecule has 3 N–H and O–H groups in total. The number of hydrazine groups is 1. The van der Waals surface area contributed by atoms with Gasteiger partial charge in [-0.3, -0.25) is 11.3 Å². The Hall–Kier alpha value is -1.23. The van der Waals surface area contributed by atoms with E-state index in [9.17, 15) is 0 Å². The Morgan fingerprint density at radius 2 is 1.94 bits per heavy atom. The summed E-state index contributed by atoms with van der Waals surface area (Å²) in [6.45, 7) is 6.44. The van der Waals surface area contributed by atoms with E-state index in [0.29, 0.717) is 0 Å². The third kappa shape index (κ3) is 2.77. The largest absolute Gasteiger partial charge is 0.271 e. The van der Waals surface area contributed by atoms with Gasteiger partial charge in [0.25, 0.3) is 0 Å². The molecule has 4 heteroatoms. The molecular weight excluding hydrogens is 242 g/mol. The van der Waals surface area contributed by atoms with E-state index in [0.717, 1.165) is 12.1 Å². The van der Waals surface area contributed by atoms with Crippen LogP contribution in [0.4, 0.5) is 0 Å². The lowest BCUT2D eigenvalue weighted by Crippen LogP contribution is -2.30. The number of hydrogen-bond donors (Lipinski definition) is 2. The number of nitrogens with one attached hydrogen (secondary N) is 1. The zero-order chi connectivity index (χ0) is 13.1. The summed E-state index contributed by atoms with van der Waals surface area (Å²) in [4.78, 5) is 4.34. The number of benzene rings is 1. The summed E-state index contributed by atoms with van der Waals surface area (Å²) in [5.41, 5.74) is 11.0. The summed E-state index contributed by atoms with van der Waals surface area (Å²) in [5.74, 6) is 5.66. The fourth-order valence-corrected chi connectivity index (χ4v) is 2.99. The number of aromatic nitrogens is 1. The zero-order valence-electron chi connectivity index (χ0n) is 11.0. The van der Waals surface area contributed by atoms with Crippen LogP contribution >= 0.6 is 11.3 Å². The summed E-state index contributed by atoms with van der Waals surface area (Å²) < 4.78 is 0. The SMILES string of the molecule is Cc1cc(C)c(CC(NN)c2cscn2)c(C)c1.